The maximum atomic E-state index is 0. The van der Waals surface area contributed by atoms with E-state index in [1.54, 1.807) is 0 Å². The Hall–Kier alpha value is 2.91. The van der Waals surface area contributed by atoms with Gasteiger partial charge < -0.3 is 2.85 Å². The van der Waals surface area contributed by atoms with Gasteiger partial charge in [-0.3, -0.25) is 0 Å². The van der Waals surface area contributed by atoms with E-state index in [-0.39, 0.29) is 93.9 Å². The molecule has 22 valence electrons. The van der Waals surface area contributed by atoms with E-state index in [0.29, 0.717) is 0 Å². The fourth-order valence-corrected chi connectivity index (χ4v) is 0. The Bertz CT molecular complexity index is 13.5. The van der Waals surface area contributed by atoms with Crippen molar-refractivity contribution in [3.8, 4) is 0 Å². The van der Waals surface area contributed by atoms with Gasteiger partial charge in [0.25, 0.3) is 0 Å². The number of hydrogen-bond donors (Lipinski definition) is 0. The summed E-state index contributed by atoms with van der Waals surface area (Å²) in [6.07, 6.45) is 0. The van der Waals surface area contributed by atoms with Crippen LogP contribution in [0, 0.1) is 0 Å². The van der Waals surface area contributed by atoms with Crippen LogP contribution in [0.2, 0.25) is 0 Å². The van der Waals surface area contributed by atoms with Crippen LogP contribution >= 0.6 is 0 Å². The molecule has 0 aromatic rings. The average Bonchev–Trinajstić information content (AvgIpc) is 0. The summed E-state index contributed by atoms with van der Waals surface area (Å²) in [4.78, 5) is 0. The van der Waals surface area contributed by atoms with E-state index < -0.39 is 0 Å². The second-order valence-corrected chi connectivity index (χ2v) is 0. The van der Waals surface area contributed by atoms with Gasteiger partial charge in [0, 0.05) is 53.3 Å². The largest absolute Gasteiger partial charge is 2.00 e. The average molecular weight is 221 g/mol. The van der Waals surface area contributed by atoms with Gasteiger partial charge in [0.05, 0.1) is 0 Å². The second kappa shape index (κ2) is 16.8. The minimum atomic E-state index is 0. The molecule has 4 heteroatoms. The van der Waals surface area contributed by atoms with Gasteiger partial charge in [0.15, 0.2) is 0 Å². The summed E-state index contributed by atoms with van der Waals surface area (Å²) in [5, 5.41) is 0. The van der Waals surface area contributed by atoms with E-state index in [1.165, 1.54) is 0 Å². The smallest absolute Gasteiger partial charge is 1.00 e. The Kier molecular flexibility index (Phi) is 120. The first-order valence-corrected chi connectivity index (χ1v) is 0. The first kappa shape index (κ1) is 28.5. The third-order valence-electron chi connectivity index (χ3n) is 0. The maximum Gasteiger partial charge on any atom is 2.00 e. The van der Waals surface area contributed by atoms with Crippen LogP contribution in [0.25, 0.3) is 0 Å². The van der Waals surface area contributed by atoms with Crippen molar-refractivity contribution in [2.75, 3.05) is 0 Å². The summed E-state index contributed by atoms with van der Waals surface area (Å²) in [6, 6.07) is 0. The normalized spacial score (nSPS) is 0. The summed E-state index contributed by atoms with van der Waals surface area (Å²) < 4.78 is 0. The molecule has 0 aliphatic carbocycles. The molecule has 0 amide bonds. The standard InChI is InChI=1S/Ca.Co.Mn.Zn.2H/q+2;;;;2*-1. The minimum Gasteiger partial charge on any atom is -1.00 e. The van der Waals surface area contributed by atoms with E-state index >= 15 is 0 Å². The van der Waals surface area contributed by atoms with Crippen molar-refractivity contribution in [1.82, 2.24) is 0 Å². The molecular weight excluding hydrogens is 219 g/mol. The maximum absolute atomic E-state index is 0. The van der Waals surface area contributed by atoms with E-state index in [0.717, 1.165) is 0 Å². The molecule has 0 aromatic heterocycles. The topological polar surface area (TPSA) is 0 Å². The van der Waals surface area contributed by atoms with Gasteiger partial charge in [0.2, 0.25) is 0 Å². The van der Waals surface area contributed by atoms with Gasteiger partial charge in [-0.15, -0.1) is 0 Å². The zero-order valence-electron chi connectivity index (χ0n) is 4.13. The van der Waals surface area contributed by atoms with Crippen molar-refractivity contribution >= 4 is 37.7 Å². The Morgan fingerprint density at radius 1 is 1.25 bits per heavy atom. The Morgan fingerprint density at radius 3 is 1.25 bits per heavy atom. The van der Waals surface area contributed by atoms with Crippen LogP contribution in [0.4, 0.5) is 0 Å². The molecule has 0 rings (SSSR count). The summed E-state index contributed by atoms with van der Waals surface area (Å²) in [5.41, 5.74) is 0. The summed E-state index contributed by atoms with van der Waals surface area (Å²) in [7, 11) is 0. The van der Waals surface area contributed by atoms with Crippen molar-refractivity contribution < 1.29 is 56.2 Å². The van der Waals surface area contributed by atoms with Gasteiger partial charge in [-0.05, 0) is 0 Å². The zero-order chi connectivity index (χ0) is 0. The predicted octanol–water partition coefficient (Wildman–Crippen LogP) is -0.163. The van der Waals surface area contributed by atoms with Crippen LogP contribution in [0.1, 0.15) is 2.85 Å². The number of rotatable bonds is 0. The monoisotopic (exact) mass is 220 g/mol. The van der Waals surface area contributed by atoms with Crippen molar-refractivity contribution in [3.63, 3.8) is 0 Å². The molecule has 0 fully saturated rings. The van der Waals surface area contributed by atoms with Crippen LogP contribution in [0.5, 0.6) is 0 Å². The van der Waals surface area contributed by atoms with Crippen LogP contribution in [0.15, 0.2) is 0 Å². The van der Waals surface area contributed by atoms with E-state index in [2.05, 4.69) is 0 Å². The predicted molar refractivity (Wildman–Crippen MR) is 7.98 cm³/mol. The molecule has 0 bridgehead atoms. The van der Waals surface area contributed by atoms with Crippen molar-refractivity contribution in [3.05, 3.63) is 0 Å². The summed E-state index contributed by atoms with van der Waals surface area (Å²) >= 11 is 0. The zero-order valence-corrected chi connectivity index (χ0v) is 9.52. The molecule has 0 aliphatic heterocycles. The second-order valence-electron chi connectivity index (χ2n) is 0. The molecule has 0 nitrogen and oxygen atoms in total. The number of hydrogen-bond acceptors (Lipinski definition) is 0. The van der Waals surface area contributed by atoms with Gasteiger partial charge >= 0.3 is 37.7 Å². The minimum absolute atomic E-state index is 0. The third kappa shape index (κ3) is 8.86. The van der Waals surface area contributed by atoms with Gasteiger partial charge in [0.1, 0.15) is 0 Å². The van der Waals surface area contributed by atoms with Crippen LogP contribution in [-0.4, -0.2) is 37.7 Å². The molecule has 0 saturated carbocycles. The van der Waals surface area contributed by atoms with Crippen molar-refractivity contribution in [2.45, 2.75) is 0 Å². The Labute approximate surface area is 92.3 Å². The van der Waals surface area contributed by atoms with Crippen LogP contribution in [0.3, 0.4) is 0 Å². The SMILES string of the molecule is [Ca+2].[Co].[H-].[H-].[Mn].[Zn]. The molecule has 0 N–H and O–H groups in total. The molecular formula is H2CaCoMnZn. The Balaban J connectivity index is 0. The van der Waals surface area contributed by atoms with Crippen molar-refractivity contribution in [2.24, 2.45) is 0 Å². The van der Waals surface area contributed by atoms with Crippen molar-refractivity contribution in [1.29, 1.82) is 0 Å². The molecule has 0 unspecified atom stereocenters. The summed E-state index contributed by atoms with van der Waals surface area (Å²) in [5.74, 6) is 0. The molecule has 0 saturated heterocycles. The molecule has 4 heavy (non-hydrogen) atoms. The Morgan fingerprint density at radius 2 is 1.25 bits per heavy atom. The van der Waals surface area contributed by atoms with Crippen LogP contribution < -0.4 is 0 Å². The first-order valence-electron chi connectivity index (χ1n) is 0. The first-order chi connectivity index (χ1) is 0. The van der Waals surface area contributed by atoms with E-state index in [1.807, 2.05) is 0 Å². The molecule has 0 heterocycles. The summed E-state index contributed by atoms with van der Waals surface area (Å²) in [6.45, 7) is 0. The van der Waals surface area contributed by atoms with Gasteiger partial charge in [-0.25, -0.2) is 0 Å². The fourth-order valence-electron chi connectivity index (χ4n) is 0. The van der Waals surface area contributed by atoms with E-state index in [4.69, 9.17) is 0 Å². The quantitative estimate of drug-likeness (QED) is 0.499. The van der Waals surface area contributed by atoms with Gasteiger partial charge in [-0.1, -0.05) is 0 Å². The molecule has 2 radical (unpaired) electrons. The molecule has 0 aliphatic rings. The van der Waals surface area contributed by atoms with Crippen LogP contribution in [-0.2, 0) is 53.3 Å². The molecule has 0 atom stereocenters. The fraction of sp³-hybridized carbons (Fsp3) is 0. The van der Waals surface area contributed by atoms with E-state index in [9.17, 15) is 0 Å². The molecule has 0 spiro atoms. The van der Waals surface area contributed by atoms with Gasteiger partial charge in [-0.2, -0.15) is 0 Å². The third-order valence-corrected chi connectivity index (χ3v) is 0. The molecule has 0 aromatic carbocycles.